The summed E-state index contributed by atoms with van der Waals surface area (Å²) in [5, 5.41) is 22.1. The van der Waals surface area contributed by atoms with E-state index in [2.05, 4.69) is 48.1 Å². The Bertz CT molecular complexity index is 472. The molecule has 2 rings (SSSR count). The fraction of sp³-hybridized carbons (Fsp3) is 0.462. The molecule has 0 saturated carbocycles. The summed E-state index contributed by atoms with van der Waals surface area (Å²) in [6.07, 6.45) is 0.448. The van der Waals surface area contributed by atoms with Gasteiger partial charge in [-0.1, -0.05) is 0 Å². The average molecular weight is 389 g/mol. The molecule has 0 bridgehead atoms. The molecule has 0 radical (unpaired) electrons. The molecule has 0 unspecified atom stereocenters. The number of hydrogen-bond donors (Lipinski definition) is 2. The number of aromatic hydroxyl groups is 1. The van der Waals surface area contributed by atoms with Crippen molar-refractivity contribution in [3.8, 4) is 11.8 Å². The van der Waals surface area contributed by atoms with Gasteiger partial charge in [-0.05, 0) is 49.6 Å². The standard InChI is InChI=1S/C13H15Br2N3O/c14-10-7-9(8-11(15)13(10)19)12(1-2-16)18-5-3-17-4-6-18/h7-8,12,17,19H,1,3-6H2/t12-/m1/s1. The predicted molar refractivity (Wildman–Crippen MR) is 80.9 cm³/mol. The van der Waals surface area contributed by atoms with Crippen LogP contribution in [0.15, 0.2) is 21.1 Å². The summed E-state index contributed by atoms with van der Waals surface area (Å²) in [5.41, 5.74) is 1.04. The van der Waals surface area contributed by atoms with Crippen LogP contribution in [0.3, 0.4) is 0 Å². The van der Waals surface area contributed by atoms with E-state index in [1.807, 2.05) is 12.1 Å². The van der Waals surface area contributed by atoms with Crippen molar-refractivity contribution < 1.29 is 5.11 Å². The third-order valence-corrected chi connectivity index (χ3v) is 4.51. The third-order valence-electron chi connectivity index (χ3n) is 3.30. The zero-order valence-electron chi connectivity index (χ0n) is 10.4. The molecule has 0 aliphatic carbocycles. The van der Waals surface area contributed by atoms with Crippen LogP contribution in [-0.2, 0) is 0 Å². The predicted octanol–water partition coefficient (Wildman–Crippen LogP) is 2.78. The van der Waals surface area contributed by atoms with E-state index >= 15 is 0 Å². The maximum Gasteiger partial charge on any atom is 0.143 e. The van der Waals surface area contributed by atoms with E-state index in [0.717, 1.165) is 31.7 Å². The van der Waals surface area contributed by atoms with Crippen molar-refractivity contribution in [2.75, 3.05) is 26.2 Å². The first-order chi connectivity index (χ1) is 9.13. The van der Waals surface area contributed by atoms with Gasteiger partial charge in [0, 0.05) is 32.2 Å². The van der Waals surface area contributed by atoms with E-state index in [0.29, 0.717) is 15.4 Å². The molecule has 6 heteroatoms. The lowest BCUT2D eigenvalue weighted by Gasteiger charge is -2.34. The molecule has 1 aromatic carbocycles. The van der Waals surface area contributed by atoms with Gasteiger partial charge in [-0.25, -0.2) is 0 Å². The second-order valence-electron chi connectivity index (χ2n) is 4.50. The molecule has 0 amide bonds. The highest BCUT2D eigenvalue weighted by molar-refractivity contribution is 9.11. The number of piperazine rings is 1. The number of phenolic OH excluding ortho intramolecular Hbond substituents is 1. The van der Waals surface area contributed by atoms with Crippen molar-refractivity contribution >= 4 is 31.9 Å². The maximum absolute atomic E-state index is 9.77. The van der Waals surface area contributed by atoms with Crippen LogP contribution in [0.5, 0.6) is 5.75 Å². The maximum atomic E-state index is 9.77. The summed E-state index contributed by atoms with van der Waals surface area (Å²) in [6, 6.07) is 6.12. The van der Waals surface area contributed by atoms with E-state index in [-0.39, 0.29) is 11.8 Å². The van der Waals surface area contributed by atoms with Crippen LogP contribution in [0.25, 0.3) is 0 Å². The Morgan fingerprint density at radius 3 is 2.42 bits per heavy atom. The molecular weight excluding hydrogens is 374 g/mol. The topological polar surface area (TPSA) is 59.3 Å². The van der Waals surface area contributed by atoms with Crippen molar-refractivity contribution in [3.05, 3.63) is 26.6 Å². The third kappa shape index (κ3) is 3.48. The number of nitriles is 1. The van der Waals surface area contributed by atoms with Gasteiger partial charge in [-0.2, -0.15) is 5.26 Å². The van der Waals surface area contributed by atoms with Gasteiger partial charge in [0.05, 0.1) is 21.4 Å². The highest BCUT2D eigenvalue weighted by Gasteiger charge is 2.23. The number of phenols is 1. The number of benzene rings is 1. The van der Waals surface area contributed by atoms with Gasteiger partial charge >= 0.3 is 0 Å². The molecule has 4 nitrogen and oxygen atoms in total. The lowest BCUT2D eigenvalue weighted by atomic mass is 10.0. The first-order valence-corrected chi connectivity index (χ1v) is 7.71. The van der Waals surface area contributed by atoms with Crippen LogP contribution in [0.2, 0.25) is 0 Å². The quantitative estimate of drug-likeness (QED) is 0.835. The first kappa shape index (κ1) is 14.8. The molecule has 1 saturated heterocycles. The minimum atomic E-state index is 0.0697. The molecule has 102 valence electrons. The smallest absolute Gasteiger partial charge is 0.143 e. The molecule has 1 aliphatic heterocycles. The highest BCUT2D eigenvalue weighted by Crippen LogP contribution is 2.37. The molecule has 1 heterocycles. The SMILES string of the molecule is N#CC[C@H](c1cc(Br)c(O)c(Br)c1)N1CCNCC1. The molecule has 1 atom stereocenters. The Kier molecular flexibility index (Phi) is 5.22. The van der Waals surface area contributed by atoms with Gasteiger partial charge in [0.15, 0.2) is 0 Å². The summed E-state index contributed by atoms with van der Waals surface area (Å²) in [4.78, 5) is 2.31. The number of hydrogen-bond acceptors (Lipinski definition) is 4. The molecule has 19 heavy (non-hydrogen) atoms. The molecular formula is C13H15Br2N3O. The van der Waals surface area contributed by atoms with Crippen molar-refractivity contribution in [3.63, 3.8) is 0 Å². The number of rotatable bonds is 3. The summed E-state index contributed by atoms with van der Waals surface area (Å²) in [7, 11) is 0. The van der Waals surface area contributed by atoms with E-state index in [1.54, 1.807) is 0 Å². The van der Waals surface area contributed by atoms with Crippen molar-refractivity contribution in [2.24, 2.45) is 0 Å². The first-order valence-electron chi connectivity index (χ1n) is 6.13. The molecule has 1 fully saturated rings. The number of nitrogens with one attached hydrogen (secondary N) is 1. The van der Waals surface area contributed by atoms with Gasteiger partial charge in [0.25, 0.3) is 0 Å². The van der Waals surface area contributed by atoms with E-state index in [4.69, 9.17) is 5.26 Å². The summed E-state index contributed by atoms with van der Waals surface area (Å²) >= 11 is 6.69. The van der Waals surface area contributed by atoms with Crippen LogP contribution in [0.4, 0.5) is 0 Å². The largest absolute Gasteiger partial charge is 0.506 e. The van der Waals surface area contributed by atoms with Crippen LogP contribution in [-0.4, -0.2) is 36.2 Å². The Hall–Kier alpha value is -0.610. The van der Waals surface area contributed by atoms with Gasteiger partial charge in [-0.15, -0.1) is 0 Å². The Morgan fingerprint density at radius 1 is 1.32 bits per heavy atom. The van der Waals surface area contributed by atoms with Crippen molar-refractivity contribution in [1.29, 1.82) is 5.26 Å². The molecule has 1 aromatic rings. The second kappa shape index (κ2) is 6.71. The van der Waals surface area contributed by atoms with E-state index in [9.17, 15) is 5.11 Å². The van der Waals surface area contributed by atoms with Crippen LogP contribution in [0.1, 0.15) is 18.0 Å². The summed E-state index contributed by atoms with van der Waals surface area (Å²) < 4.78 is 1.30. The van der Waals surface area contributed by atoms with Crippen molar-refractivity contribution in [1.82, 2.24) is 10.2 Å². The fourth-order valence-corrected chi connectivity index (χ4v) is 3.54. The fourth-order valence-electron chi connectivity index (χ4n) is 2.32. The Morgan fingerprint density at radius 2 is 1.89 bits per heavy atom. The van der Waals surface area contributed by atoms with Gasteiger partial charge in [-0.3, -0.25) is 4.90 Å². The zero-order valence-corrected chi connectivity index (χ0v) is 13.5. The van der Waals surface area contributed by atoms with Gasteiger partial charge < -0.3 is 10.4 Å². The average Bonchev–Trinajstić information content (AvgIpc) is 2.42. The molecule has 1 aliphatic rings. The number of halogens is 2. The van der Waals surface area contributed by atoms with E-state index in [1.165, 1.54) is 0 Å². The van der Waals surface area contributed by atoms with Crippen LogP contribution < -0.4 is 5.32 Å². The summed E-state index contributed by atoms with van der Waals surface area (Å²) in [5.74, 6) is 0.194. The van der Waals surface area contributed by atoms with Crippen molar-refractivity contribution in [2.45, 2.75) is 12.5 Å². The lowest BCUT2D eigenvalue weighted by Crippen LogP contribution is -2.45. The second-order valence-corrected chi connectivity index (χ2v) is 6.21. The highest BCUT2D eigenvalue weighted by atomic mass is 79.9. The number of nitrogens with zero attached hydrogens (tertiary/aromatic N) is 2. The van der Waals surface area contributed by atoms with Crippen LogP contribution >= 0.6 is 31.9 Å². The summed E-state index contributed by atoms with van der Waals surface area (Å²) in [6.45, 7) is 3.76. The normalized spacial score (nSPS) is 17.9. The molecule has 2 N–H and O–H groups in total. The Labute approximate surface area is 129 Å². The van der Waals surface area contributed by atoms with E-state index < -0.39 is 0 Å². The minimum absolute atomic E-state index is 0.0697. The van der Waals surface area contributed by atoms with Crippen LogP contribution in [0, 0.1) is 11.3 Å². The molecule has 0 spiro atoms. The minimum Gasteiger partial charge on any atom is -0.506 e. The monoisotopic (exact) mass is 387 g/mol. The zero-order chi connectivity index (χ0) is 13.8. The lowest BCUT2D eigenvalue weighted by molar-refractivity contribution is 0.175. The molecule has 0 aromatic heterocycles. The Balaban J connectivity index is 2.30. The van der Waals surface area contributed by atoms with Gasteiger partial charge in [0.1, 0.15) is 5.75 Å². The van der Waals surface area contributed by atoms with Gasteiger partial charge in [0.2, 0.25) is 0 Å².